The van der Waals surface area contributed by atoms with Gasteiger partial charge in [-0.1, -0.05) is 47.5 Å². The summed E-state index contributed by atoms with van der Waals surface area (Å²) < 4.78 is 27.5. The lowest BCUT2D eigenvalue weighted by Crippen LogP contribution is -2.51. The first-order valence-corrected chi connectivity index (χ1v) is 13.2. The third-order valence-electron chi connectivity index (χ3n) is 7.42. The van der Waals surface area contributed by atoms with Crippen LogP contribution in [0.4, 0.5) is 4.39 Å². The fraction of sp³-hybridized carbons (Fsp3) is 0.276. The smallest absolute Gasteiger partial charge is 0.308 e. The molecule has 1 saturated heterocycles. The zero-order chi connectivity index (χ0) is 28.8. The zero-order valence-corrected chi connectivity index (χ0v) is 23.0. The molecule has 208 valence electrons. The molecule has 3 aromatic rings. The van der Waals surface area contributed by atoms with Crippen LogP contribution in [-0.4, -0.2) is 54.2 Å². The van der Waals surface area contributed by atoms with E-state index in [9.17, 15) is 19.5 Å². The zero-order valence-electron chi connectivity index (χ0n) is 21.5. The summed E-state index contributed by atoms with van der Waals surface area (Å²) in [6.07, 6.45) is 0. The number of fused-ring (bicyclic) bond motifs is 1. The van der Waals surface area contributed by atoms with E-state index in [1.165, 1.54) is 25.0 Å². The second kappa shape index (κ2) is 10.9. The maximum Gasteiger partial charge on any atom is 0.308 e. The van der Waals surface area contributed by atoms with Gasteiger partial charge >= 0.3 is 5.97 Å². The molecule has 1 amide bonds. The van der Waals surface area contributed by atoms with Gasteiger partial charge in [-0.2, -0.15) is 0 Å². The predicted octanol–water partition coefficient (Wildman–Crippen LogP) is 5.03. The SMILES string of the molecule is CO[C@]1(c2ccc(Cl)cc2)c2c(F)cc(C(=O)C3COCN3)cc2C(=O)N1[C@H](c1ccc(Cl)cc1)[C@H](C)C(=O)O. The summed E-state index contributed by atoms with van der Waals surface area (Å²) in [6.45, 7) is 1.74. The number of carboxylic acid groups (broad SMARTS) is 1. The Morgan fingerprint density at radius 1 is 1.12 bits per heavy atom. The number of amides is 1. The van der Waals surface area contributed by atoms with Crippen LogP contribution in [-0.2, 0) is 20.0 Å². The summed E-state index contributed by atoms with van der Waals surface area (Å²) in [5, 5.41) is 13.8. The third kappa shape index (κ3) is 4.57. The van der Waals surface area contributed by atoms with Crippen molar-refractivity contribution in [2.45, 2.75) is 24.7 Å². The summed E-state index contributed by atoms with van der Waals surface area (Å²) in [4.78, 5) is 41.1. The number of methoxy groups -OCH3 is 1. The highest BCUT2D eigenvalue weighted by molar-refractivity contribution is 6.30. The van der Waals surface area contributed by atoms with E-state index < -0.39 is 47.2 Å². The van der Waals surface area contributed by atoms with Gasteiger partial charge in [-0.05, 0) is 48.9 Å². The number of Topliss-reactive ketones (excluding diaryl/α,β-unsaturated/α-hetero) is 1. The molecule has 2 aliphatic heterocycles. The Morgan fingerprint density at radius 3 is 2.30 bits per heavy atom. The Morgan fingerprint density at radius 2 is 1.75 bits per heavy atom. The van der Waals surface area contributed by atoms with Gasteiger partial charge in [-0.15, -0.1) is 0 Å². The van der Waals surface area contributed by atoms with Crippen molar-refractivity contribution in [1.29, 1.82) is 0 Å². The number of nitrogens with zero attached hydrogens (tertiary/aromatic N) is 1. The maximum atomic E-state index is 16.2. The van der Waals surface area contributed by atoms with Crippen LogP contribution < -0.4 is 5.32 Å². The van der Waals surface area contributed by atoms with Crippen LogP contribution in [0.15, 0.2) is 60.7 Å². The van der Waals surface area contributed by atoms with E-state index in [4.69, 9.17) is 32.7 Å². The second-order valence-corrected chi connectivity index (χ2v) is 10.5. The summed E-state index contributed by atoms with van der Waals surface area (Å²) in [5.74, 6) is -4.35. The fourth-order valence-electron chi connectivity index (χ4n) is 5.48. The Labute approximate surface area is 239 Å². The topological polar surface area (TPSA) is 105 Å². The molecule has 11 heteroatoms. The molecule has 0 spiro atoms. The van der Waals surface area contributed by atoms with E-state index in [2.05, 4.69) is 5.32 Å². The van der Waals surface area contributed by atoms with Crippen molar-refractivity contribution in [2.24, 2.45) is 5.92 Å². The van der Waals surface area contributed by atoms with Gasteiger partial charge in [0.25, 0.3) is 5.91 Å². The second-order valence-electron chi connectivity index (χ2n) is 9.67. The van der Waals surface area contributed by atoms with E-state index in [0.717, 1.165) is 6.07 Å². The number of rotatable bonds is 8. The monoisotopic (exact) mass is 586 g/mol. The van der Waals surface area contributed by atoms with Crippen molar-refractivity contribution in [2.75, 3.05) is 20.4 Å². The van der Waals surface area contributed by atoms with Gasteiger partial charge in [0.2, 0.25) is 0 Å². The van der Waals surface area contributed by atoms with E-state index in [1.54, 1.807) is 48.5 Å². The van der Waals surface area contributed by atoms with Gasteiger partial charge < -0.3 is 14.6 Å². The normalized spacial score (nSPS) is 21.8. The molecule has 0 radical (unpaired) electrons. The molecule has 5 rings (SSSR count). The van der Waals surface area contributed by atoms with Crippen LogP contribution in [0.2, 0.25) is 10.0 Å². The molecule has 3 aromatic carbocycles. The van der Waals surface area contributed by atoms with Crippen molar-refractivity contribution in [3.8, 4) is 0 Å². The molecule has 2 N–H and O–H groups in total. The lowest BCUT2D eigenvalue weighted by atomic mass is 9.87. The molecule has 0 aromatic heterocycles. The number of hydrogen-bond acceptors (Lipinski definition) is 6. The van der Waals surface area contributed by atoms with Crippen molar-refractivity contribution in [1.82, 2.24) is 10.2 Å². The number of nitrogens with one attached hydrogen (secondary N) is 1. The first-order chi connectivity index (χ1) is 19.1. The Balaban J connectivity index is 1.78. The number of carboxylic acids is 1. The van der Waals surface area contributed by atoms with E-state index in [0.29, 0.717) is 21.2 Å². The molecule has 0 aliphatic carbocycles. The van der Waals surface area contributed by atoms with E-state index in [1.807, 2.05) is 0 Å². The van der Waals surface area contributed by atoms with Gasteiger partial charge in [0, 0.05) is 28.3 Å². The third-order valence-corrected chi connectivity index (χ3v) is 7.92. The predicted molar refractivity (Wildman–Crippen MR) is 145 cm³/mol. The van der Waals surface area contributed by atoms with Crippen LogP contribution in [0.25, 0.3) is 0 Å². The number of ether oxygens (including phenoxy) is 2. The number of halogens is 3. The van der Waals surface area contributed by atoms with Gasteiger partial charge in [-0.25, -0.2) is 4.39 Å². The fourth-order valence-corrected chi connectivity index (χ4v) is 5.73. The summed E-state index contributed by atoms with van der Waals surface area (Å²) in [6, 6.07) is 13.3. The van der Waals surface area contributed by atoms with Gasteiger partial charge in [0.05, 0.1) is 42.5 Å². The first kappa shape index (κ1) is 28.2. The molecule has 2 heterocycles. The highest BCUT2D eigenvalue weighted by Gasteiger charge is 2.58. The lowest BCUT2D eigenvalue weighted by molar-refractivity contribution is -0.149. The minimum absolute atomic E-state index is 0.0233. The van der Waals surface area contributed by atoms with Crippen LogP contribution in [0.5, 0.6) is 0 Å². The minimum atomic E-state index is -1.90. The molecule has 4 atom stereocenters. The molecule has 1 fully saturated rings. The first-order valence-electron chi connectivity index (χ1n) is 12.4. The number of aliphatic carboxylic acids is 1. The number of benzene rings is 3. The number of carbonyl (C=O) groups excluding carboxylic acids is 2. The Kier molecular flexibility index (Phi) is 7.69. The van der Waals surface area contributed by atoms with Crippen molar-refractivity contribution >= 4 is 40.9 Å². The Bertz CT molecular complexity index is 1480. The highest BCUT2D eigenvalue weighted by atomic mass is 35.5. The number of hydrogen-bond donors (Lipinski definition) is 2. The molecule has 8 nitrogen and oxygen atoms in total. The molecule has 0 saturated carbocycles. The van der Waals surface area contributed by atoms with E-state index >= 15 is 4.39 Å². The standard InChI is InChI=1S/C29H25Cl2FN2O6/c1-15(28(37)38)25(16-3-7-19(30)8-4-16)34-27(36)21-11-17(26(35)23-13-40-14-33-23)12-22(32)24(21)29(34,39-2)18-5-9-20(31)10-6-18/h3-12,15,23,25,33H,13-14H2,1-2H3,(H,37,38)/t15-,23?,25-,29+/m0/s1. The molecule has 40 heavy (non-hydrogen) atoms. The molecular formula is C29H25Cl2FN2O6. The van der Waals surface area contributed by atoms with Crippen LogP contribution in [0.1, 0.15) is 50.4 Å². The summed E-state index contributed by atoms with van der Waals surface area (Å²) in [7, 11) is 1.31. The number of ketones is 1. The van der Waals surface area contributed by atoms with Crippen LogP contribution in [0.3, 0.4) is 0 Å². The molecule has 2 aliphatic rings. The van der Waals surface area contributed by atoms with Gasteiger partial charge in [-0.3, -0.25) is 24.6 Å². The van der Waals surface area contributed by atoms with Crippen molar-refractivity contribution in [3.63, 3.8) is 0 Å². The van der Waals surface area contributed by atoms with Crippen LogP contribution >= 0.6 is 23.2 Å². The highest BCUT2D eigenvalue weighted by Crippen LogP contribution is 2.52. The molecule has 1 unspecified atom stereocenters. The maximum absolute atomic E-state index is 16.2. The Hall–Kier alpha value is -3.34. The van der Waals surface area contributed by atoms with Crippen LogP contribution in [0, 0.1) is 11.7 Å². The minimum Gasteiger partial charge on any atom is -0.481 e. The quantitative estimate of drug-likeness (QED) is 0.357. The summed E-state index contributed by atoms with van der Waals surface area (Å²) >= 11 is 12.3. The molecular weight excluding hydrogens is 562 g/mol. The average Bonchev–Trinajstić information content (AvgIpc) is 3.56. The lowest BCUT2D eigenvalue weighted by Gasteiger charge is -2.44. The van der Waals surface area contributed by atoms with Gasteiger partial charge in [0.1, 0.15) is 5.82 Å². The number of carbonyl (C=O) groups is 3. The molecule has 0 bridgehead atoms. The van der Waals surface area contributed by atoms with Crippen molar-refractivity contribution < 1.29 is 33.4 Å². The van der Waals surface area contributed by atoms with Gasteiger partial charge in [0.15, 0.2) is 11.5 Å². The van der Waals surface area contributed by atoms with E-state index in [-0.39, 0.29) is 30.0 Å². The summed E-state index contributed by atoms with van der Waals surface area (Å²) in [5.41, 5.74) is -1.39. The largest absolute Gasteiger partial charge is 0.481 e. The average molecular weight is 587 g/mol. The van der Waals surface area contributed by atoms with Crippen molar-refractivity contribution in [3.05, 3.63) is 104 Å².